The number of nitrogens with one attached hydrogen (secondary N) is 1. The second-order valence-electron chi connectivity index (χ2n) is 2.62. The van der Waals surface area contributed by atoms with Gasteiger partial charge in [0.1, 0.15) is 0 Å². The van der Waals surface area contributed by atoms with E-state index >= 15 is 0 Å². The lowest BCUT2D eigenvalue weighted by Gasteiger charge is -2.08. The summed E-state index contributed by atoms with van der Waals surface area (Å²) >= 11 is 0. The van der Waals surface area contributed by atoms with Crippen LogP contribution in [0.5, 0.6) is 0 Å². The molecule has 0 aromatic carbocycles. The van der Waals surface area contributed by atoms with Crippen LogP contribution in [0.2, 0.25) is 0 Å². The summed E-state index contributed by atoms with van der Waals surface area (Å²) in [7, 11) is 0. The molecule has 0 saturated carbocycles. The fourth-order valence-corrected chi connectivity index (χ4v) is 0.702. The predicted molar refractivity (Wildman–Crippen MR) is 62.4 cm³/mol. The summed E-state index contributed by atoms with van der Waals surface area (Å²) in [6.45, 7) is 4.86. The fourth-order valence-electron chi connectivity index (χ4n) is 0.702. The number of carbonyl (C=O) groups is 1. The molecule has 0 radical (unpaired) electrons. The smallest absolute Gasteiger partial charge is 0.407 e. The topological polar surface area (TPSA) is 64.3 Å². The number of ether oxygens (including phenoxy) is 1. The van der Waals surface area contributed by atoms with Gasteiger partial charge in [-0.25, -0.2) is 4.79 Å². The average molecular weight is 247 g/mol. The molecule has 0 aliphatic carbocycles. The van der Waals surface area contributed by atoms with E-state index in [1.807, 2.05) is 13.8 Å². The van der Waals surface area contributed by atoms with Gasteiger partial charge in [0.15, 0.2) is 0 Å². The Bertz CT molecular complexity index is 137. The van der Waals surface area contributed by atoms with Crippen molar-refractivity contribution in [3.63, 3.8) is 0 Å². The first kappa shape index (κ1) is 19.4. The highest BCUT2D eigenvalue weighted by Gasteiger charge is 2.02. The van der Waals surface area contributed by atoms with Gasteiger partial charge in [0.25, 0.3) is 0 Å². The minimum absolute atomic E-state index is 0. The number of rotatable bonds is 5. The number of alkyl carbamates (subject to hydrolysis) is 1. The SMILES string of the molecule is CCNC(=O)OCCC(N)CC.Cl.Cl. The quantitative estimate of drug-likeness (QED) is 0.777. The zero-order chi connectivity index (χ0) is 9.40. The molecular formula is C8H20Cl2N2O2. The van der Waals surface area contributed by atoms with Gasteiger partial charge in [-0.15, -0.1) is 24.8 Å². The van der Waals surface area contributed by atoms with E-state index in [2.05, 4.69) is 5.32 Å². The highest BCUT2D eigenvalue weighted by molar-refractivity contribution is 5.85. The number of carbonyl (C=O) groups excluding carboxylic acids is 1. The van der Waals surface area contributed by atoms with E-state index in [1.54, 1.807) is 0 Å². The Kier molecular flexibility index (Phi) is 17.7. The zero-order valence-corrected chi connectivity index (χ0v) is 10.2. The van der Waals surface area contributed by atoms with E-state index in [0.29, 0.717) is 13.2 Å². The van der Waals surface area contributed by atoms with Crippen molar-refractivity contribution in [3.8, 4) is 0 Å². The Hall–Kier alpha value is -0.190. The van der Waals surface area contributed by atoms with Gasteiger partial charge in [-0.3, -0.25) is 0 Å². The normalized spacial score (nSPS) is 10.5. The molecule has 1 amide bonds. The molecule has 0 aromatic heterocycles. The molecule has 3 N–H and O–H groups in total. The van der Waals surface area contributed by atoms with Crippen molar-refractivity contribution in [1.82, 2.24) is 5.32 Å². The second-order valence-corrected chi connectivity index (χ2v) is 2.62. The number of halogens is 2. The molecule has 0 bridgehead atoms. The van der Waals surface area contributed by atoms with Crippen LogP contribution >= 0.6 is 24.8 Å². The number of hydrogen-bond donors (Lipinski definition) is 2. The molecule has 0 rings (SSSR count). The van der Waals surface area contributed by atoms with Crippen LogP contribution in [-0.4, -0.2) is 25.3 Å². The van der Waals surface area contributed by atoms with Crippen molar-refractivity contribution < 1.29 is 9.53 Å². The Morgan fingerprint density at radius 2 is 2.00 bits per heavy atom. The first-order valence-corrected chi connectivity index (χ1v) is 4.36. The van der Waals surface area contributed by atoms with Gasteiger partial charge in [-0.2, -0.15) is 0 Å². The number of nitrogens with two attached hydrogens (primary N) is 1. The molecule has 0 saturated heterocycles. The van der Waals surface area contributed by atoms with E-state index in [1.165, 1.54) is 0 Å². The average Bonchev–Trinajstić information content (AvgIpc) is 2.04. The van der Waals surface area contributed by atoms with Crippen LogP contribution < -0.4 is 11.1 Å². The molecule has 0 heterocycles. The number of amides is 1. The molecule has 0 fully saturated rings. The zero-order valence-electron chi connectivity index (χ0n) is 8.62. The molecule has 1 atom stereocenters. The fraction of sp³-hybridized carbons (Fsp3) is 0.875. The Morgan fingerprint density at radius 3 is 2.43 bits per heavy atom. The minimum Gasteiger partial charge on any atom is -0.450 e. The van der Waals surface area contributed by atoms with Crippen molar-refractivity contribution in [3.05, 3.63) is 0 Å². The van der Waals surface area contributed by atoms with Crippen LogP contribution in [0.25, 0.3) is 0 Å². The third kappa shape index (κ3) is 11.8. The van der Waals surface area contributed by atoms with Gasteiger partial charge in [0, 0.05) is 12.6 Å². The molecular weight excluding hydrogens is 227 g/mol. The lowest BCUT2D eigenvalue weighted by Crippen LogP contribution is -2.27. The van der Waals surface area contributed by atoms with Gasteiger partial charge in [-0.1, -0.05) is 6.92 Å². The van der Waals surface area contributed by atoms with Crippen LogP contribution in [-0.2, 0) is 4.74 Å². The summed E-state index contributed by atoms with van der Waals surface area (Å²) < 4.78 is 4.82. The summed E-state index contributed by atoms with van der Waals surface area (Å²) in [6, 6.07) is 0.138. The summed E-state index contributed by atoms with van der Waals surface area (Å²) in [4.78, 5) is 10.7. The van der Waals surface area contributed by atoms with E-state index in [4.69, 9.17) is 10.5 Å². The molecule has 6 heteroatoms. The maximum absolute atomic E-state index is 10.7. The number of hydrogen-bond acceptors (Lipinski definition) is 3. The van der Waals surface area contributed by atoms with Gasteiger partial charge in [-0.05, 0) is 19.8 Å². The maximum Gasteiger partial charge on any atom is 0.407 e. The molecule has 0 aliphatic heterocycles. The van der Waals surface area contributed by atoms with Crippen LogP contribution in [0, 0.1) is 0 Å². The second kappa shape index (κ2) is 12.8. The van der Waals surface area contributed by atoms with Crippen molar-refractivity contribution in [2.24, 2.45) is 5.73 Å². The van der Waals surface area contributed by atoms with Crippen LogP contribution in [0.4, 0.5) is 4.79 Å². The standard InChI is InChI=1S/C8H18N2O2.2ClH/c1-3-7(9)5-6-12-8(11)10-4-2;;/h7H,3-6,9H2,1-2H3,(H,10,11);2*1H. The van der Waals surface area contributed by atoms with E-state index in [9.17, 15) is 4.79 Å². The van der Waals surface area contributed by atoms with Gasteiger partial charge in [0.2, 0.25) is 0 Å². The van der Waals surface area contributed by atoms with Gasteiger partial charge >= 0.3 is 6.09 Å². The van der Waals surface area contributed by atoms with Crippen LogP contribution in [0.1, 0.15) is 26.7 Å². The van der Waals surface area contributed by atoms with E-state index in [-0.39, 0.29) is 36.9 Å². The van der Waals surface area contributed by atoms with Crippen LogP contribution in [0.3, 0.4) is 0 Å². The highest BCUT2D eigenvalue weighted by atomic mass is 35.5. The third-order valence-corrected chi connectivity index (χ3v) is 1.57. The van der Waals surface area contributed by atoms with Crippen molar-refractivity contribution in [2.45, 2.75) is 32.7 Å². The first-order valence-electron chi connectivity index (χ1n) is 4.36. The highest BCUT2D eigenvalue weighted by Crippen LogP contribution is 1.93. The van der Waals surface area contributed by atoms with Crippen molar-refractivity contribution in [1.29, 1.82) is 0 Å². The lowest BCUT2D eigenvalue weighted by atomic mass is 10.2. The largest absolute Gasteiger partial charge is 0.450 e. The van der Waals surface area contributed by atoms with Crippen molar-refractivity contribution >= 4 is 30.9 Å². The summed E-state index contributed by atoms with van der Waals surface area (Å²) in [6.07, 6.45) is 1.28. The molecule has 0 aromatic rings. The van der Waals surface area contributed by atoms with E-state index in [0.717, 1.165) is 12.8 Å². The van der Waals surface area contributed by atoms with E-state index < -0.39 is 0 Å². The molecule has 14 heavy (non-hydrogen) atoms. The Labute approximate surface area is 97.8 Å². The molecule has 1 unspecified atom stereocenters. The predicted octanol–water partition coefficient (Wildman–Crippen LogP) is 1.70. The maximum atomic E-state index is 10.7. The molecule has 88 valence electrons. The Morgan fingerprint density at radius 1 is 1.43 bits per heavy atom. The Balaban J connectivity index is -0.000000605. The van der Waals surface area contributed by atoms with Crippen molar-refractivity contribution in [2.75, 3.05) is 13.2 Å². The molecule has 0 spiro atoms. The van der Waals surface area contributed by atoms with Gasteiger partial charge in [0.05, 0.1) is 6.61 Å². The molecule has 0 aliphatic rings. The summed E-state index contributed by atoms with van der Waals surface area (Å²) in [5, 5.41) is 2.54. The van der Waals surface area contributed by atoms with Gasteiger partial charge < -0.3 is 15.8 Å². The van der Waals surface area contributed by atoms with Crippen LogP contribution in [0.15, 0.2) is 0 Å². The first-order chi connectivity index (χ1) is 5.70. The third-order valence-electron chi connectivity index (χ3n) is 1.57. The lowest BCUT2D eigenvalue weighted by molar-refractivity contribution is 0.143. The molecule has 4 nitrogen and oxygen atoms in total. The summed E-state index contributed by atoms with van der Waals surface area (Å²) in [5.41, 5.74) is 5.62. The minimum atomic E-state index is -0.360. The monoisotopic (exact) mass is 246 g/mol. The summed E-state index contributed by atoms with van der Waals surface area (Å²) in [5.74, 6) is 0.